The first kappa shape index (κ1) is 11.0. The topological polar surface area (TPSA) is 37.8 Å². The maximum Gasteiger partial charge on any atom is 0.214 e. The number of nitrogens with zero attached hydrogens (tertiary/aromatic N) is 2. The summed E-state index contributed by atoms with van der Waals surface area (Å²) in [5, 5.41) is 4.18. The third-order valence-electron chi connectivity index (χ3n) is 2.12. The Labute approximate surface area is 97.4 Å². The number of anilines is 1. The van der Waals surface area contributed by atoms with Crippen LogP contribution >= 0.6 is 11.3 Å². The minimum absolute atomic E-state index is 0.0699. The summed E-state index contributed by atoms with van der Waals surface area (Å²) in [6, 6.07) is 3.18. The average molecular weight is 237 g/mol. The molecule has 0 saturated heterocycles. The number of nitrogens with one attached hydrogen (secondary N) is 1. The van der Waals surface area contributed by atoms with Crippen molar-refractivity contribution in [2.24, 2.45) is 0 Å². The highest BCUT2D eigenvalue weighted by molar-refractivity contribution is 7.11. The van der Waals surface area contributed by atoms with Gasteiger partial charge in [-0.2, -0.15) is 4.39 Å². The van der Waals surface area contributed by atoms with Crippen molar-refractivity contribution in [1.29, 1.82) is 0 Å². The molecule has 0 aromatic carbocycles. The van der Waals surface area contributed by atoms with Crippen molar-refractivity contribution in [3.63, 3.8) is 0 Å². The number of hydrogen-bond acceptors (Lipinski definition) is 4. The zero-order valence-electron chi connectivity index (χ0n) is 9.07. The minimum atomic E-state index is -0.479. The maximum atomic E-state index is 12.9. The summed E-state index contributed by atoms with van der Waals surface area (Å²) in [7, 11) is 0. The Hall–Kier alpha value is -1.49. The van der Waals surface area contributed by atoms with Crippen molar-refractivity contribution in [3.05, 3.63) is 40.4 Å². The number of thiazole rings is 1. The van der Waals surface area contributed by atoms with Crippen LogP contribution in [-0.2, 0) is 0 Å². The van der Waals surface area contributed by atoms with Crippen LogP contribution in [0.4, 0.5) is 10.1 Å². The van der Waals surface area contributed by atoms with Gasteiger partial charge in [0, 0.05) is 29.0 Å². The Morgan fingerprint density at radius 1 is 1.44 bits per heavy atom. The molecular formula is C11H12FN3S. The highest BCUT2D eigenvalue weighted by atomic mass is 32.1. The van der Waals surface area contributed by atoms with Gasteiger partial charge in [-0.3, -0.25) is 0 Å². The number of aryl methyl sites for hydroxylation is 1. The molecule has 0 fully saturated rings. The Kier molecular flexibility index (Phi) is 3.14. The summed E-state index contributed by atoms with van der Waals surface area (Å²) in [5.74, 6) is -0.479. The van der Waals surface area contributed by atoms with E-state index in [1.54, 1.807) is 17.4 Å². The van der Waals surface area contributed by atoms with E-state index < -0.39 is 5.95 Å². The van der Waals surface area contributed by atoms with Gasteiger partial charge >= 0.3 is 0 Å². The normalized spacial score (nSPS) is 12.4. The molecule has 84 valence electrons. The van der Waals surface area contributed by atoms with Gasteiger partial charge in [0.1, 0.15) is 5.01 Å². The third-order valence-corrected chi connectivity index (χ3v) is 3.21. The van der Waals surface area contributed by atoms with E-state index in [1.165, 1.54) is 17.1 Å². The molecule has 5 heteroatoms. The third kappa shape index (κ3) is 2.55. The van der Waals surface area contributed by atoms with Gasteiger partial charge in [0.2, 0.25) is 5.95 Å². The van der Waals surface area contributed by atoms with Crippen LogP contribution in [0.3, 0.4) is 0 Å². The summed E-state index contributed by atoms with van der Waals surface area (Å²) in [5.41, 5.74) is 0.716. The van der Waals surface area contributed by atoms with Crippen molar-refractivity contribution >= 4 is 17.0 Å². The van der Waals surface area contributed by atoms with E-state index in [-0.39, 0.29) is 6.04 Å². The second-order valence-corrected chi connectivity index (χ2v) is 4.81. The van der Waals surface area contributed by atoms with Crippen LogP contribution in [0.15, 0.2) is 24.5 Å². The minimum Gasteiger partial charge on any atom is -0.376 e. The van der Waals surface area contributed by atoms with Crippen LogP contribution in [0.2, 0.25) is 0 Å². The second kappa shape index (κ2) is 4.57. The summed E-state index contributed by atoms with van der Waals surface area (Å²) >= 11 is 1.64. The van der Waals surface area contributed by atoms with Gasteiger partial charge in [-0.1, -0.05) is 0 Å². The quantitative estimate of drug-likeness (QED) is 0.833. The molecule has 16 heavy (non-hydrogen) atoms. The summed E-state index contributed by atoms with van der Waals surface area (Å²) in [4.78, 5) is 8.96. The first-order chi connectivity index (χ1) is 7.65. The summed E-state index contributed by atoms with van der Waals surface area (Å²) < 4.78 is 12.9. The SMILES string of the molecule is Cc1cnc(C(C)Nc2ccnc(F)c2)s1. The van der Waals surface area contributed by atoms with Crippen molar-refractivity contribution in [1.82, 2.24) is 9.97 Å². The standard InChI is InChI=1S/C11H12FN3S/c1-7-6-14-11(16-7)8(2)15-9-3-4-13-10(12)5-9/h3-6,8H,1-2H3,(H,13,15). The van der Waals surface area contributed by atoms with E-state index in [0.717, 1.165) is 5.01 Å². The van der Waals surface area contributed by atoms with E-state index in [0.29, 0.717) is 5.69 Å². The highest BCUT2D eigenvalue weighted by Gasteiger charge is 2.09. The molecule has 0 amide bonds. The molecule has 0 saturated carbocycles. The molecule has 2 aromatic heterocycles. The van der Waals surface area contributed by atoms with Gasteiger partial charge in [-0.15, -0.1) is 11.3 Å². The molecule has 0 aliphatic heterocycles. The summed E-state index contributed by atoms with van der Waals surface area (Å²) in [6.07, 6.45) is 3.28. The van der Waals surface area contributed by atoms with Crippen LogP contribution < -0.4 is 5.32 Å². The van der Waals surface area contributed by atoms with Crippen LogP contribution in [-0.4, -0.2) is 9.97 Å². The molecule has 3 nitrogen and oxygen atoms in total. The highest BCUT2D eigenvalue weighted by Crippen LogP contribution is 2.22. The molecule has 2 heterocycles. The molecule has 0 bridgehead atoms. The number of pyridine rings is 1. The van der Waals surface area contributed by atoms with Crippen molar-refractivity contribution < 1.29 is 4.39 Å². The van der Waals surface area contributed by atoms with Gasteiger partial charge in [-0.25, -0.2) is 9.97 Å². The monoisotopic (exact) mass is 237 g/mol. The summed E-state index contributed by atoms with van der Waals surface area (Å²) in [6.45, 7) is 4.01. The predicted octanol–water partition coefficient (Wildman–Crippen LogP) is 3.16. The fourth-order valence-corrected chi connectivity index (χ4v) is 2.15. The van der Waals surface area contributed by atoms with Crippen LogP contribution in [0.25, 0.3) is 0 Å². The zero-order valence-corrected chi connectivity index (χ0v) is 9.88. The Balaban J connectivity index is 2.10. The van der Waals surface area contributed by atoms with E-state index >= 15 is 0 Å². The Bertz CT molecular complexity index is 484. The molecule has 1 N–H and O–H groups in total. The second-order valence-electron chi connectivity index (χ2n) is 3.54. The van der Waals surface area contributed by atoms with E-state index in [2.05, 4.69) is 15.3 Å². The van der Waals surface area contributed by atoms with Gasteiger partial charge in [0.05, 0.1) is 6.04 Å². The molecule has 1 unspecified atom stereocenters. The lowest BCUT2D eigenvalue weighted by atomic mass is 10.3. The molecule has 0 radical (unpaired) electrons. The number of hydrogen-bond donors (Lipinski definition) is 1. The van der Waals surface area contributed by atoms with Gasteiger partial charge in [0.15, 0.2) is 0 Å². The lowest BCUT2D eigenvalue weighted by Gasteiger charge is -2.12. The fourth-order valence-electron chi connectivity index (χ4n) is 1.38. The Morgan fingerprint density at radius 3 is 2.88 bits per heavy atom. The van der Waals surface area contributed by atoms with Crippen LogP contribution in [0.5, 0.6) is 0 Å². The van der Waals surface area contributed by atoms with E-state index in [9.17, 15) is 4.39 Å². The first-order valence-electron chi connectivity index (χ1n) is 4.95. The first-order valence-corrected chi connectivity index (χ1v) is 5.77. The lowest BCUT2D eigenvalue weighted by Crippen LogP contribution is -2.06. The molecule has 1 atom stereocenters. The number of halogens is 1. The van der Waals surface area contributed by atoms with Gasteiger partial charge < -0.3 is 5.32 Å². The molecule has 2 aromatic rings. The molecule has 2 rings (SSSR count). The largest absolute Gasteiger partial charge is 0.376 e. The Morgan fingerprint density at radius 2 is 2.25 bits per heavy atom. The number of rotatable bonds is 3. The smallest absolute Gasteiger partial charge is 0.214 e. The lowest BCUT2D eigenvalue weighted by molar-refractivity contribution is 0.584. The van der Waals surface area contributed by atoms with Crippen molar-refractivity contribution in [3.8, 4) is 0 Å². The van der Waals surface area contributed by atoms with E-state index in [4.69, 9.17) is 0 Å². The molecule has 0 aliphatic carbocycles. The molecule has 0 spiro atoms. The predicted molar refractivity (Wildman–Crippen MR) is 63.1 cm³/mol. The van der Waals surface area contributed by atoms with Crippen LogP contribution in [0, 0.1) is 12.9 Å². The van der Waals surface area contributed by atoms with Crippen LogP contribution in [0.1, 0.15) is 22.9 Å². The van der Waals surface area contributed by atoms with Crippen molar-refractivity contribution in [2.75, 3.05) is 5.32 Å². The van der Waals surface area contributed by atoms with Gasteiger partial charge in [-0.05, 0) is 19.9 Å². The molecule has 0 aliphatic rings. The fraction of sp³-hybridized carbons (Fsp3) is 0.273. The van der Waals surface area contributed by atoms with Gasteiger partial charge in [0.25, 0.3) is 0 Å². The average Bonchev–Trinajstić information content (AvgIpc) is 2.65. The number of aromatic nitrogens is 2. The zero-order chi connectivity index (χ0) is 11.5. The molecular weight excluding hydrogens is 225 g/mol. The van der Waals surface area contributed by atoms with Crippen molar-refractivity contribution in [2.45, 2.75) is 19.9 Å². The van der Waals surface area contributed by atoms with E-state index in [1.807, 2.05) is 20.0 Å². The maximum absolute atomic E-state index is 12.9.